The van der Waals surface area contributed by atoms with Crippen molar-refractivity contribution in [3.8, 4) is 11.4 Å². The minimum atomic E-state index is -0.654. The van der Waals surface area contributed by atoms with Gasteiger partial charge in [-0.1, -0.05) is 18.2 Å². The molecule has 1 atom stereocenters. The summed E-state index contributed by atoms with van der Waals surface area (Å²) in [6.07, 6.45) is 6.51. The normalized spacial score (nSPS) is 15.6. The molecule has 4 aromatic heterocycles. The number of fused-ring (bicyclic) bond motifs is 4. The van der Waals surface area contributed by atoms with Gasteiger partial charge in [0, 0.05) is 34.4 Å². The van der Waals surface area contributed by atoms with Crippen LogP contribution in [0.4, 0.5) is 10.3 Å². The molecule has 164 valence electrons. The van der Waals surface area contributed by atoms with Gasteiger partial charge >= 0.3 is 0 Å². The number of hydrogen-bond acceptors (Lipinski definition) is 6. The largest absolute Gasteiger partial charge is 0.365 e. The number of nitrogens with two attached hydrogens (primary N) is 1. The van der Waals surface area contributed by atoms with E-state index in [1.807, 2.05) is 12.1 Å². The van der Waals surface area contributed by atoms with Crippen molar-refractivity contribution in [3.63, 3.8) is 0 Å². The lowest BCUT2D eigenvalue weighted by Crippen LogP contribution is -2.29. The predicted octanol–water partition coefficient (Wildman–Crippen LogP) is 2.88. The van der Waals surface area contributed by atoms with E-state index >= 15 is 0 Å². The molecule has 0 unspecified atom stereocenters. The zero-order chi connectivity index (χ0) is 22.5. The monoisotopic (exact) mass is 442 g/mol. The van der Waals surface area contributed by atoms with Crippen LogP contribution in [0.2, 0.25) is 0 Å². The van der Waals surface area contributed by atoms with Crippen molar-refractivity contribution in [1.82, 2.24) is 29.5 Å². The van der Waals surface area contributed by atoms with Crippen molar-refractivity contribution in [3.05, 3.63) is 71.6 Å². The summed E-state index contributed by atoms with van der Waals surface area (Å²) in [4.78, 5) is 28.4. The van der Waals surface area contributed by atoms with Crippen LogP contribution in [0.25, 0.3) is 27.9 Å². The molecule has 0 radical (unpaired) electrons. The highest BCUT2D eigenvalue weighted by molar-refractivity contribution is 5.98. The van der Waals surface area contributed by atoms with Crippen molar-refractivity contribution in [1.29, 1.82) is 0 Å². The number of halogens is 1. The Balaban J connectivity index is 1.42. The molecule has 4 N–H and O–H groups in total. The summed E-state index contributed by atoms with van der Waals surface area (Å²) in [6, 6.07) is 9.64. The molecule has 0 spiro atoms. The van der Waals surface area contributed by atoms with Gasteiger partial charge in [-0.15, -0.1) is 0 Å². The first kappa shape index (κ1) is 19.4. The van der Waals surface area contributed by atoms with Crippen LogP contribution in [0.1, 0.15) is 28.0 Å². The standard InChI is InChI=1S/C23H19FN8O/c24-13-7-12(9-26-10-13)21-30-22-17(20(25)33)11-27-32(22)23(31-21)28-14-5-6-19-16(8-14)15-3-1-2-4-18(15)29-19/h1-4,7,9-11,14,29H,5-6,8H2,(H2,25,33)(H,28,30,31)/t14-/m1/s1. The zero-order valence-electron chi connectivity index (χ0n) is 17.4. The molecule has 1 aliphatic rings. The summed E-state index contributed by atoms with van der Waals surface area (Å²) in [5.74, 6) is -0.532. The van der Waals surface area contributed by atoms with Crippen LogP contribution in [0.15, 0.2) is 48.9 Å². The first-order chi connectivity index (χ1) is 16.1. The summed E-state index contributed by atoms with van der Waals surface area (Å²) in [6.45, 7) is 0. The number of benzene rings is 1. The summed E-state index contributed by atoms with van der Waals surface area (Å²) >= 11 is 0. The average Bonchev–Trinajstić information content (AvgIpc) is 3.41. The number of amides is 1. The van der Waals surface area contributed by atoms with Gasteiger partial charge in [-0.3, -0.25) is 9.78 Å². The fraction of sp³-hybridized carbons (Fsp3) is 0.174. The number of nitrogens with one attached hydrogen (secondary N) is 2. The topological polar surface area (TPSA) is 127 Å². The Hall–Kier alpha value is -4.34. The molecule has 1 aromatic carbocycles. The summed E-state index contributed by atoms with van der Waals surface area (Å²) in [5, 5.41) is 8.96. The smallest absolute Gasteiger partial charge is 0.254 e. The third-order valence-corrected chi connectivity index (χ3v) is 6.03. The van der Waals surface area contributed by atoms with E-state index in [0.29, 0.717) is 11.5 Å². The number of nitrogens with zero attached hydrogens (tertiary/aromatic N) is 5. The number of rotatable bonds is 4. The second kappa shape index (κ2) is 7.37. The Labute approximate surface area is 186 Å². The summed E-state index contributed by atoms with van der Waals surface area (Å²) < 4.78 is 15.3. The van der Waals surface area contributed by atoms with E-state index in [-0.39, 0.29) is 23.1 Å². The van der Waals surface area contributed by atoms with Gasteiger partial charge in [-0.25, -0.2) is 9.37 Å². The van der Waals surface area contributed by atoms with Crippen molar-refractivity contribution in [2.24, 2.45) is 5.73 Å². The van der Waals surface area contributed by atoms with Crippen LogP contribution in [-0.2, 0) is 12.8 Å². The number of aryl methyl sites for hydroxylation is 1. The number of hydrogen-bond donors (Lipinski definition) is 3. The van der Waals surface area contributed by atoms with Gasteiger partial charge in [-0.2, -0.15) is 14.6 Å². The Kier molecular flexibility index (Phi) is 4.32. The molecule has 0 saturated carbocycles. The quantitative estimate of drug-likeness (QED) is 0.393. The first-order valence-corrected chi connectivity index (χ1v) is 10.6. The van der Waals surface area contributed by atoms with E-state index in [2.05, 4.69) is 42.5 Å². The highest BCUT2D eigenvalue weighted by Crippen LogP contribution is 2.30. The first-order valence-electron chi connectivity index (χ1n) is 10.6. The SMILES string of the molecule is NC(=O)c1cnn2c(N[C@@H]3CCc4[nH]c5ccccc5c4C3)nc(-c3cncc(F)c3)nc12. The van der Waals surface area contributed by atoms with E-state index in [1.165, 1.54) is 39.6 Å². The van der Waals surface area contributed by atoms with Crippen LogP contribution >= 0.6 is 0 Å². The molecule has 6 rings (SSSR count). The molecule has 4 heterocycles. The van der Waals surface area contributed by atoms with Gasteiger partial charge in [0.2, 0.25) is 5.95 Å². The van der Waals surface area contributed by atoms with E-state index in [0.717, 1.165) is 31.0 Å². The van der Waals surface area contributed by atoms with E-state index in [9.17, 15) is 9.18 Å². The molecule has 0 saturated heterocycles. The Morgan fingerprint density at radius 3 is 2.94 bits per heavy atom. The molecule has 0 fully saturated rings. The summed E-state index contributed by atoms with van der Waals surface area (Å²) in [7, 11) is 0. The van der Waals surface area contributed by atoms with Gasteiger partial charge in [0.15, 0.2) is 11.5 Å². The van der Waals surface area contributed by atoms with Crippen LogP contribution in [0.3, 0.4) is 0 Å². The molecule has 1 amide bonds. The van der Waals surface area contributed by atoms with Crippen molar-refractivity contribution in [2.45, 2.75) is 25.3 Å². The highest BCUT2D eigenvalue weighted by Gasteiger charge is 2.25. The Morgan fingerprint density at radius 2 is 2.09 bits per heavy atom. The number of primary amides is 1. The number of aromatic amines is 1. The maximum atomic E-state index is 13.8. The van der Waals surface area contributed by atoms with Crippen molar-refractivity contribution < 1.29 is 9.18 Å². The number of carbonyl (C=O) groups excluding carboxylic acids is 1. The molecule has 33 heavy (non-hydrogen) atoms. The molecule has 1 aliphatic carbocycles. The minimum absolute atomic E-state index is 0.0783. The van der Waals surface area contributed by atoms with Crippen molar-refractivity contribution >= 4 is 28.4 Å². The number of H-pyrrole nitrogens is 1. The molecular formula is C23H19FN8O. The minimum Gasteiger partial charge on any atom is -0.365 e. The number of anilines is 1. The Morgan fingerprint density at radius 1 is 1.21 bits per heavy atom. The second-order valence-corrected chi connectivity index (χ2v) is 8.13. The predicted molar refractivity (Wildman–Crippen MR) is 120 cm³/mol. The molecular weight excluding hydrogens is 423 g/mol. The maximum Gasteiger partial charge on any atom is 0.254 e. The molecule has 0 aliphatic heterocycles. The van der Waals surface area contributed by atoms with Gasteiger partial charge in [0.1, 0.15) is 11.4 Å². The average molecular weight is 442 g/mol. The van der Waals surface area contributed by atoms with Gasteiger partial charge < -0.3 is 16.0 Å². The number of aromatic nitrogens is 6. The van der Waals surface area contributed by atoms with Gasteiger partial charge in [0.05, 0.1) is 12.4 Å². The number of pyridine rings is 1. The van der Waals surface area contributed by atoms with E-state index in [1.54, 1.807) is 0 Å². The third-order valence-electron chi connectivity index (χ3n) is 6.03. The van der Waals surface area contributed by atoms with Crippen LogP contribution in [-0.4, -0.2) is 41.5 Å². The fourth-order valence-corrected chi connectivity index (χ4v) is 4.48. The number of carbonyl (C=O) groups is 1. The van der Waals surface area contributed by atoms with Crippen LogP contribution in [0, 0.1) is 5.82 Å². The van der Waals surface area contributed by atoms with Crippen LogP contribution < -0.4 is 11.1 Å². The van der Waals surface area contributed by atoms with Crippen molar-refractivity contribution in [2.75, 3.05) is 5.32 Å². The maximum absolute atomic E-state index is 13.8. The van der Waals surface area contributed by atoms with Gasteiger partial charge in [-0.05, 0) is 37.0 Å². The fourth-order valence-electron chi connectivity index (χ4n) is 4.48. The zero-order valence-corrected chi connectivity index (χ0v) is 17.4. The molecule has 5 aromatic rings. The molecule has 9 nitrogen and oxygen atoms in total. The second-order valence-electron chi connectivity index (χ2n) is 8.13. The molecule has 0 bridgehead atoms. The van der Waals surface area contributed by atoms with Gasteiger partial charge in [0.25, 0.3) is 5.91 Å². The van der Waals surface area contributed by atoms with E-state index in [4.69, 9.17) is 5.73 Å². The van der Waals surface area contributed by atoms with Crippen LogP contribution in [0.5, 0.6) is 0 Å². The lowest BCUT2D eigenvalue weighted by atomic mass is 9.91. The van der Waals surface area contributed by atoms with E-state index < -0.39 is 11.7 Å². The third kappa shape index (κ3) is 3.27. The summed E-state index contributed by atoms with van der Waals surface area (Å²) in [5.41, 5.74) is 9.99. The molecule has 10 heteroatoms. The number of para-hydroxylation sites is 1. The Bertz CT molecular complexity index is 1540. The lowest BCUT2D eigenvalue weighted by molar-refractivity contribution is 0.100. The lowest BCUT2D eigenvalue weighted by Gasteiger charge is -2.24. The highest BCUT2D eigenvalue weighted by atomic mass is 19.1.